The molecule has 0 radical (unpaired) electrons. The van der Waals surface area contributed by atoms with Crippen molar-refractivity contribution in [3.8, 4) is 22.8 Å². The summed E-state index contributed by atoms with van der Waals surface area (Å²) >= 11 is 12.9. The Morgan fingerprint density at radius 3 is 2.79 bits per heavy atom. The molecular weight excluding hydrogens is 561 g/mol. The van der Waals surface area contributed by atoms with Gasteiger partial charge in [-0.1, -0.05) is 35.0 Å². The summed E-state index contributed by atoms with van der Waals surface area (Å²) in [6.45, 7) is -0.0176. The van der Waals surface area contributed by atoms with Crippen molar-refractivity contribution in [3.05, 3.63) is 80.3 Å². The van der Waals surface area contributed by atoms with Crippen molar-refractivity contribution >= 4 is 52.8 Å². The molecule has 15 heteroatoms. The number of benzene rings is 2. The number of carbonyl (C=O) groups is 1. The summed E-state index contributed by atoms with van der Waals surface area (Å²) in [5.41, 5.74) is 2.45. The second kappa shape index (κ2) is 12.4. The van der Waals surface area contributed by atoms with E-state index in [0.717, 1.165) is 11.8 Å². The highest BCUT2D eigenvalue weighted by Crippen LogP contribution is 2.34. The van der Waals surface area contributed by atoms with Gasteiger partial charge in [0.2, 0.25) is 0 Å². The Balaban J connectivity index is 1.26. The van der Waals surface area contributed by atoms with Crippen molar-refractivity contribution in [3.63, 3.8) is 0 Å². The zero-order valence-corrected chi connectivity index (χ0v) is 21.7. The van der Waals surface area contributed by atoms with E-state index in [-0.39, 0.29) is 46.2 Å². The zero-order chi connectivity index (χ0) is 27.1. The SMILES string of the molecule is COc1ccc(-c2ccc(/C=N\NC(=O)CSc3nnc(COc4ccc(Cl)cc4Cl)o3)o2)c([N+](=O)[O-])c1. The van der Waals surface area contributed by atoms with Gasteiger partial charge in [-0.2, -0.15) is 5.10 Å². The standard InChI is InChI=1S/C23H17Cl2N5O7S/c1-34-14-3-5-16(18(9-14)30(32)33)19-7-4-15(36-19)10-26-27-21(31)12-38-23-29-28-22(37-23)11-35-20-6-2-13(24)8-17(20)25/h2-10H,11-12H2,1H3,(H,27,31)/b26-10-. The van der Waals surface area contributed by atoms with Gasteiger partial charge in [-0.05, 0) is 42.5 Å². The minimum absolute atomic E-state index is 0.0176. The van der Waals surface area contributed by atoms with Crippen molar-refractivity contribution in [1.82, 2.24) is 15.6 Å². The number of ether oxygens (including phenoxy) is 2. The lowest BCUT2D eigenvalue weighted by Crippen LogP contribution is -2.19. The highest BCUT2D eigenvalue weighted by Gasteiger charge is 2.19. The number of furan rings is 1. The number of aromatic nitrogens is 2. The van der Waals surface area contributed by atoms with E-state index in [2.05, 4.69) is 20.7 Å². The first kappa shape index (κ1) is 27.0. The number of nitro benzene ring substituents is 1. The number of halogens is 2. The minimum Gasteiger partial charge on any atom is -0.497 e. The second-order valence-corrected chi connectivity index (χ2v) is 9.02. The molecule has 2 aromatic heterocycles. The number of thioether (sulfide) groups is 1. The summed E-state index contributed by atoms with van der Waals surface area (Å²) in [5.74, 6) is 1.01. The van der Waals surface area contributed by atoms with E-state index in [1.807, 2.05) is 0 Å². The van der Waals surface area contributed by atoms with Crippen LogP contribution in [0.1, 0.15) is 11.7 Å². The lowest BCUT2D eigenvalue weighted by atomic mass is 10.1. The van der Waals surface area contributed by atoms with Gasteiger partial charge in [-0.25, -0.2) is 5.43 Å². The van der Waals surface area contributed by atoms with E-state index in [9.17, 15) is 14.9 Å². The van der Waals surface area contributed by atoms with Crippen LogP contribution in [-0.4, -0.2) is 40.1 Å². The average Bonchev–Trinajstić information content (AvgIpc) is 3.56. The molecule has 4 rings (SSSR count). The number of carbonyl (C=O) groups excluding carboxylic acids is 1. The van der Waals surface area contributed by atoms with Crippen LogP contribution in [0.25, 0.3) is 11.3 Å². The number of methoxy groups -OCH3 is 1. The van der Waals surface area contributed by atoms with Crippen LogP contribution < -0.4 is 14.9 Å². The van der Waals surface area contributed by atoms with E-state index >= 15 is 0 Å². The van der Waals surface area contributed by atoms with Gasteiger partial charge >= 0.3 is 0 Å². The number of nitrogens with zero attached hydrogens (tertiary/aromatic N) is 4. The van der Waals surface area contributed by atoms with Crippen LogP contribution in [0.15, 0.2) is 67.7 Å². The minimum atomic E-state index is -0.527. The van der Waals surface area contributed by atoms with Crippen molar-refractivity contribution < 1.29 is 28.0 Å². The van der Waals surface area contributed by atoms with Crippen LogP contribution in [0.4, 0.5) is 5.69 Å². The molecule has 38 heavy (non-hydrogen) atoms. The monoisotopic (exact) mass is 577 g/mol. The third-order valence-electron chi connectivity index (χ3n) is 4.69. The van der Waals surface area contributed by atoms with Gasteiger partial charge in [-0.3, -0.25) is 14.9 Å². The summed E-state index contributed by atoms with van der Waals surface area (Å²) in [4.78, 5) is 23.0. The predicted octanol–water partition coefficient (Wildman–Crippen LogP) is 5.37. The van der Waals surface area contributed by atoms with E-state index in [4.69, 9.17) is 41.5 Å². The van der Waals surface area contributed by atoms with E-state index in [1.54, 1.807) is 36.4 Å². The molecule has 196 valence electrons. The van der Waals surface area contributed by atoms with Crippen LogP contribution in [0.5, 0.6) is 11.5 Å². The predicted molar refractivity (Wildman–Crippen MR) is 139 cm³/mol. The van der Waals surface area contributed by atoms with Crippen LogP contribution in [0.2, 0.25) is 10.0 Å². The highest BCUT2D eigenvalue weighted by molar-refractivity contribution is 7.99. The van der Waals surface area contributed by atoms with Crippen LogP contribution in [0, 0.1) is 10.1 Å². The molecule has 0 aliphatic heterocycles. The van der Waals surface area contributed by atoms with Crippen LogP contribution >= 0.6 is 35.0 Å². The molecule has 1 amide bonds. The summed E-state index contributed by atoms with van der Waals surface area (Å²) < 4.78 is 21.6. The lowest BCUT2D eigenvalue weighted by Gasteiger charge is -2.05. The Morgan fingerprint density at radius 2 is 2.03 bits per heavy atom. The molecule has 0 saturated carbocycles. The largest absolute Gasteiger partial charge is 0.497 e. The van der Waals surface area contributed by atoms with Crippen molar-refractivity contribution in [2.24, 2.45) is 5.10 Å². The quantitative estimate of drug-likeness (QED) is 0.106. The molecule has 0 bridgehead atoms. The van der Waals surface area contributed by atoms with Gasteiger partial charge in [0.1, 0.15) is 23.0 Å². The van der Waals surface area contributed by atoms with E-state index < -0.39 is 10.8 Å². The summed E-state index contributed by atoms with van der Waals surface area (Å²) in [6.07, 6.45) is 1.27. The Labute approximate surface area is 229 Å². The van der Waals surface area contributed by atoms with Gasteiger partial charge < -0.3 is 18.3 Å². The molecule has 0 saturated heterocycles. The third kappa shape index (κ3) is 7.03. The Kier molecular flexibility index (Phi) is 8.84. The average molecular weight is 578 g/mol. The number of hydrazone groups is 1. The first-order valence-electron chi connectivity index (χ1n) is 10.6. The zero-order valence-electron chi connectivity index (χ0n) is 19.4. The van der Waals surface area contributed by atoms with Crippen LogP contribution in [-0.2, 0) is 11.4 Å². The number of rotatable bonds is 11. The molecule has 2 heterocycles. The van der Waals surface area contributed by atoms with Gasteiger partial charge in [0.05, 0.1) is 40.7 Å². The molecule has 0 aliphatic rings. The molecule has 0 aliphatic carbocycles. The fraction of sp³-hybridized carbons (Fsp3) is 0.130. The smallest absolute Gasteiger partial charge is 0.284 e. The molecule has 2 aromatic carbocycles. The number of hydrogen-bond acceptors (Lipinski definition) is 11. The van der Waals surface area contributed by atoms with Crippen molar-refractivity contribution in [1.29, 1.82) is 0 Å². The summed E-state index contributed by atoms with van der Waals surface area (Å²) in [7, 11) is 1.42. The maximum absolute atomic E-state index is 12.1. The van der Waals surface area contributed by atoms with Gasteiger partial charge in [0.15, 0.2) is 6.61 Å². The molecule has 12 nitrogen and oxygen atoms in total. The number of nitro groups is 1. The third-order valence-corrected chi connectivity index (χ3v) is 6.04. The van der Waals surface area contributed by atoms with Crippen LogP contribution in [0.3, 0.4) is 0 Å². The number of amides is 1. The fourth-order valence-electron chi connectivity index (χ4n) is 2.98. The topological polar surface area (TPSA) is 155 Å². The molecule has 1 N–H and O–H groups in total. The van der Waals surface area contributed by atoms with Gasteiger partial charge in [0.25, 0.3) is 22.7 Å². The second-order valence-electron chi connectivity index (χ2n) is 7.25. The van der Waals surface area contributed by atoms with E-state index in [0.29, 0.717) is 21.5 Å². The molecule has 4 aromatic rings. The molecule has 0 fully saturated rings. The summed E-state index contributed by atoms with van der Waals surface area (Å²) in [5, 5.41) is 23.9. The Hall–Kier alpha value is -4.07. The number of nitrogens with one attached hydrogen (secondary N) is 1. The number of hydrogen-bond donors (Lipinski definition) is 1. The van der Waals surface area contributed by atoms with E-state index in [1.165, 1.54) is 25.5 Å². The molecule has 0 unspecified atom stereocenters. The lowest BCUT2D eigenvalue weighted by molar-refractivity contribution is -0.384. The maximum atomic E-state index is 12.1. The molecule has 0 spiro atoms. The molecular formula is C23H17Cl2N5O7S. The van der Waals surface area contributed by atoms with Crippen molar-refractivity contribution in [2.75, 3.05) is 12.9 Å². The first-order chi connectivity index (χ1) is 18.3. The normalized spacial score (nSPS) is 11.0. The highest BCUT2D eigenvalue weighted by atomic mass is 35.5. The Morgan fingerprint density at radius 1 is 1.18 bits per heavy atom. The van der Waals surface area contributed by atoms with Gasteiger partial charge in [-0.15, -0.1) is 10.2 Å². The Bertz CT molecular complexity index is 1490. The van der Waals surface area contributed by atoms with Gasteiger partial charge in [0, 0.05) is 5.02 Å². The summed E-state index contributed by atoms with van der Waals surface area (Å²) in [6, 6.07) is 12.3. The maximum Gasteiger partial charge on any atom is 0.284 e. The first-order valence-corrected chi connectivity index (χ1v) is 12.3. The van der Waals surface area contributed by atoms with Crippen molar-refractivity contribution in [2.45, 2.75) is 11.8 Å². The molecule has 0 atom stereocenters. The fourth-order valence-corrected chi connectivity index (χ4v) is 4.01.